The monoisotopic (exact) mass is 458 g/mol. The highest BCUT2D eigenvalue weighted by Crippen LogP contribution is 2.35. The van der Waals surface area contributed by atoms with Crippen molar-refractivity contribution in [1.29, 1.82) is 0 Å². The van der Waals surface area contributed by atoms with E-state index in [4.69, 9.17) is 4.42 Å². The fraction of sp³-hybridized carbons (Fsp3) is 0.120. The molecule has 0 saturated carbocycles. The van der Waals surface area contributed by atoms with Crippen LogP contribution in [0.4, 0.5) is 4.39 Å². The van der Waals surface area contributed by atoms with E-state index in [2.05, 4.69) is 15.3 Å². The lowest BCUT2D eigenvalue weighted by Crippen LogP contribution is -2.24. The summed E-state index contributed by atoms with van der Waals surface area (Å²) in [5.41, 5.74) is 2.18. The highest BCUT2D eigenvalue weighted by Gasteiger charge is 2.19. The van der Waals surface area contributed by atoms with Crippen molar-refractivity contribution >= 4 is 22.5 Å². The maximum absolute atomic E-state index is 13.2. The van der Waals surface area contributed by atoms with Crippen LogP contribution in [-0.2, 0) is 6.54 Å². The summed E-state index contributed by atoms with van der Waals surface area (Å²) in [5, 5.41) is 14.5. The summed E-state index contributed by atoms with van der Waals surface area (Å²) < 4.78 is 20.6. The Labute approximate surface area is 193 Å². The van der Waals surface area contributed by atoms with Gasteiger partial charge in [0.2, 0.25) is 0 Å². The Morgan fingerprint density at radius 2 is 1.64 bits per heavy atom. The number of thioether (sulfide) groups is 1. The largest absolute Gasteiger partial charge is 0.409 e. The van der Waals surface area contributed by atoms with E-state index >= 15 is 0 Å². The van der Waals surface area contributed by atoms with Crippen LogP contribution >= 0.6 is 11.8 Å². The molecule has 0 aliphatic heterocycles. The minimum atomic E-state index is -0.278. The molecule has 0 bridgehead atoms. The summed E-state index contributed by atoms with van der Waals surface area (Å²) in [6.07, 6.45) is 0. The maximum Gasteiger partial charge on any atom is 0.277 e. The number of halogens is 1. The molecule has 6 nitrogen and oxygen atoms in total. The Kier molecular flexibility index (Phi) is 5.75. The normalized spacial score (nSPS) is 12.2. The van der Waals surface area contributed by atoms with Gasteiger partial charge in [-0.15, -0.1) is 10.2 Å². The molecule has 1 unspecified atom stereocenters. The molecule has 0 amide bonds. The van der Waals surface area contributed by atoms with Gasteiger partial charge in [-0.2, -0.15) is 5.10 Å². The Morgan fingerprint density at radius 1 is 0.939 bits per heavy atom. The van der Waals surface area contributed by atoms with Gasteiger partial charge in [-0.1, -0.05) is 72.4 Å². The Balaban J connectivity index is 1.50. The second-order valence-corrected chi connectivity index (χ2v) is 8.82. The van der Waals surface area contributed by atoms with Crippen LogP contribution in [0.5, 0.6) is 0 Å². The van der Waals surface area contributed by atoms with E-state index in [0.717, 1.165) is 11.1 Å². The maximum atomic E-state index is 13.2. The van der Waals surface area contributed by atoms with E-state index in [9.17, 15) is 9.18 Å². The highest BCUT2D eigenvalue weighted by molar-refractivity contribution is 7.99. The predicted molar refractivity (Wildman–Crippen MR) is 126 cm³/mol. The Morgan fingerprint density at radius 3 is 2.39 bits per heavy atom. The van der Waals surface area contributed by atoms with Crippen molar-refractivity contribution in [3.8, 4) is 11.6 Å². The summed E-state index contributed by atoms with van der Waals surface area (Å²) in [5.74, 6) is -0.0403. The van der Waals surface area contributed by atoms with E-state index < -0.39 is 0 Å². The molecule has 0 aliphatic carbocycles. The third-order valence-electron chi connectivity index (χ3n) is 5.27. The second kappa shape index (κ2) is 8.99. The zero-order valence-electron chi connectivity index (χ0n) is 17.7. The van der Waals surface area contributed by atoms with E-state index in [1.807, 2.05) is 55.5 Å². The summed E-state index contributed by atoms with van der Waals surface area (Å²) in [6.45, 7) is 2.31. The molecule has 8 heteroatoms. The zero-order chi connectivity index (χ0) is 22.8. The number of fused-ring (bicyclic) bond motifs is 1. The zero-order valence-corrected chi connectivity index (χ0v) is 18.5. The quantitative estimate of drug-likeness (QED) is 0.314. The van der Waals surface area contributed by atoms with Gasteiger partial charge in [-0.25, -0.2) is 9.07 Å². The van der Waals surface area contributed by atoms with Gasteiger partial charge >= 0.3 is 0 Å². The van der Waals surface area contributed by atoms with Crippen LogP contribution in [0.25, 0.3) is 22.4 Å². The molecule has 2 aromatic heterocycles. The lowest BCUT2D eigenvalue weighted by atomic mass is 10.1. The number of hydrogen-bond acceptors (Lipinski definition) is 6. The molecule has 164 valence electrons. The van der Waals surface area contributed by atoms with E-state index in [-0.39, 0.29) is 22.5 Å². The molecule has 0 N–H and O–H groups in total. The van der Waals surface area contributed by atoms with Gasteiger partial charge in [0.15, 0.2) is 5.69 Å². The first kappa shape index (κ1) is 21.1. The Hall–Kier alpha value is -3.78. The molecule has 5 aromatic rings. The van der Waals surface area contributed by atoms with Crippen LogP contribution in [0.3, 0.4) is 0 Å². The van der Waals surface area contributed by atoms with E-state index in [0.29, 0.717) is 28.2 Å². The lowest BCUT2D eigenvalue weighted by Gasteiger charge is -2.09. The number of rotatable bonds is 6. The fourth-order valence-corrected chi connectivity index (χ4v) is 4.37. The van der Waals surface area contributed by atoms with E-state index in [1.54, 1.807) is 18.2 Å². The standard InChI is InChI=1S/C25H19FN4O2S/c1-16(18-11-13-19(26)14-12-18)33-25-28-27-23(32-25)22-20-9-5-6-10-21(20)24(31)30(29-22)15-17-7-3-2-4-8-17/h2-14,16H,15H2,1H3. The molecule has 3 aromatic carbocycles. The summed E-state index contributed by atoms with van der Waals surface area (Å²) in [4.78, 5) is 13.1. The summed E-state index contributed by atoms with van der Waals surface area (Å²) in [6, 6.07) is 23.2. The molecule has 0 spiro atoms. The van der Waals surface area contributed by atoms with Crippen molar-refractivity contribution in [3.05, 3.63) is 106 Å². The van der Waals surface area contributed by atoms with Gasteiger partial charge in [0.05, 0.1) is 11.9 Å². The van der Waals surface area contributed by atoms with Crippen LogP contribution in [0, 0.1) is 5.82 Å². The van der Waals surface area contributed by atoms with Crippen LogP contribution in [0.2, 0.25) is 0 Å². The molecule has 5 rings (SSSR count). The van der Waals surface area contributed by atoms with Crippen molar-refractivity contribution < 1.29 is 8.81 Å². The highest BCUT2D eigenvalue weighted by atomic mass is 32.2. The molecule has 0 radical (unpaired) electrons. The Bertz CT molecular complexity index is 1470. The molecular weight excluding hydrogens is 439 g/mol. The van der Waals surface area contributed by atoms with Crippen molar-refractivity contribution in [2.45, 2.75) is 23.9 Å². The van der Waals surface area contributed by atoms with Gasteiger partial charge in [0.1, 0.15) is 5.82 Å². The lowest BCUT2D eigenvalue weighted by molar-refractivity contribution is 0.462. The smallest absolute Gasteiger partial charge is 0.277 e. The van der Waals surface area contributed by atoms with Crippen LogP contribution in [0.15, 0.2) is 93.3 Å². The van der Waals surface area contributed by atoms with Gasteiger partial charge in [0.25, 0.3) is 16.7 Å². The third kappa shape index (κ3) is 4.42. The average molecular weight is 459 g/mol. The number of aromatic nitrogens is 4. The van der Waals surface area contributed by atoms with Crippen LogP contribution in [0.1, 0.15) is 23.3 Å². The fourth-order valence-electron chi connectivity index (χ4n) is 3.56. The molecule has 0 aliphatic rings. The van der Waals surface area contributed by atoms with Crippen LogP contribution < -0.4 is 5.56 Å². The SMILES string of the molecule is CC(Sc1nnc(-c2nn(Cc3ccccc3)c(=O)c3ccccc23)o1)c1ccc(F)cc1. The molecule has 0 fully saturated rings. The summed E-state index contributed by atoms with van der Waals surface area (Å²) in [7, 11) is 0. The number of benzene rings is 3. The van der Waals surface area contributed by atoms with Gasteiger partial charge in [0, 0.05) is 10.6 Å². The minimum absolute atomic E-state index is 0.0179. The minimum Gasteiger partial charge on any atom is -0.409 e. The molecule has 0 saturated heterocycles. The van der Waals surface area contributed by atoms with E-state index in [1.165, 1.54) is 28.6 Å². The molecular formula is C25H19FN4O2S. The van der Waals surface area contributed by atoms with Gasteiger partial charge in [-0.3, -0.25) is 4.79 Å². The summed E-state index contributed by atoms with van der Waals surface area (Å²) >= 11 is 1.37. The molecule has 33 heavy (non-hydrogen) atoms. The predicted octanol–water partition coefficient (Wildman–Crippen LogP) is 5.49. The first-order chi connectivity index (χ1) is 16.1. The van der Waals surface area contributed by atoms with Crippen molar-refractivity contribution in [1.82, 2.24) is 20.0 Å². The first-order valence-electron chi connectivity index (χ1n) is 10.4. The second-order valence-electron chi connectivity index (χ2n) is 7.53. The van der Waals surface area contributed by atoms with Gasteiger partial charge < -0.3 is 4.42 Å². The topological polar surface area (TPSA) is 73.8 Å². The van der Waals surface area contributed by atoms with Gasteiger partial charge in [-0.05, 0) is 36.2 Å². The van der Waals surface area contributed by atoms with Crippen LogP contribution in [-0.4, -0.2) is 20.0 Å². The first-order valence-corrected chi connectivity index (χ1v) is 11.3. The number of hydrogen-bond donors (Lipinski definition) is 0. The van der Waals surface area contributed by atoms with Crippen molar-refractivity contribution in [3.63, 3.8) is 0 Å². The van der Waals surface area contributed by atoms with Crippen molar-refractivity contribution in [2.24, 2.45) is 0 Å². The van der Waals surface area contributed by atoms with Crippen molar-refractivity contribution in [2.75, 3.05) is 0 Å². The molecule has 1 atom stereocenters. The third-order valence-corrected chi connectivity index (χ3v) is 6.26. The number of nitrogens with zero attached hydrogens (tertiary/aromatic N) is 4. The average Bonchev–Trinajstić information content (AvgIpc) is 3.30. The molecule has 2 heterocycles.